The van der Waals surface area contributed by atoms with Crippen molar-refractivity contribution in [3.8, 4) is 5.75 Å². The topological polar surface area (TPSA) is 67.3 Å². The van der Waals surface area contributed by atoms with Gasteiger partial charge in [0.1, 0.15) is 5.75 Å². The molecule has 1 aliphatic rings. The van der Waals surface area contributed by atoms with Crippen LogP contribution in [0.4, 0.5) is 5.95 Å². The normalized spacial score (nSPS) is 16.8. The number of likely N-dealkylation sites (tertiary alicyclic amines) is 1. The highest BCUT2D eigenvalue weighted by molar-refractivity contribution is 9.10. The van der Waals surface area contributed by atoms with E-state index in [2.05, 4.69) is 31.2 Å². The second kappa shape index (κ2) is 9.69. The molecule has 1 aromatic carbocycles. The van der Waals surface area contributed by atoms with Crippen LogP contribution in [0.2, 0.25) is 0 Å². The van der Waals surface area contributed by atoms with Crippen LogP contribution in [-0.4, -0.2) is 46.5 Å². The summed E-state index contributed by atoms with van der Waals surface area (Å²) in [5.74, 6) is 1.52. The fourth-order valence-corrected chi connectivity index (χ4v) is 3.57. The number of nitrogens with zero attached hydrogens (tertiary/aromatic N) is 3. The SMILES string of the molecule is CCOc1ccccc1CC(=O)N1CCCCC1CNc1ncc(Br)cn1. The van der Waals surface area contributed by atoms with Gasteiger partial charge in [0, 0.05) is 37.1 Å². The van der Waals surface area contributed by atoms with Crippen molar-refractivity contribution < 1.29 is 9.53 Å². The maximum Gasteiger partial charge on any atom is 0.227 e. The molecule has 0 saturated carbocycles. The van der Waals surface area contributed by atoms with Crippen LogP contribution in [0, 0.1) is 0 Å². The van der Waals surface area contributed by atoms with Crippen LogP contribution in [-0.2, 0) is 11.2 Å². The highest BCUT2D eigenvalue weighted by Crippen LogP contribution is 2.23. The summed E-state index contributed by atoms with van der Waals surface area (Å²) in [6.45, 7) is 3.99. The second-order valence-corrected chi connectivity index (χ2v) is 7.48. The number of aromatic nitrogens is 2. The lowest BCUT2D eigenvalue weighted by Crippen LogP contribution is -2.47. The molecule has 1 aliphatic heterocycles. The lowest BCUT2D eigenvalue weighted by Gasteiger charge is -2.36. The van der Waals surface area contributed by atoms with Crippen LogP contribution in [0.15, 0.2) is 41.1 Å². The number of hydrogen-bond donors (Lipinski definition) is 1. The van der Waals surface area contributed by atoms with Crippen molar-refractivity contribution in [1.29, 1.82) is 0 Å². The van der Waals surface area contributed by atoms with Gasteiger partial charge in [0.05, 0.1) is 17.5 Å². The van der Waals surface area contributed by atoms with E-state index in [0.29, 0.717) is 25.5 Å². The molecule has 6 nitrogen and oxygen atoms in total. The van der Waals surface area contributed by atoms with Gasteiger partial charge < -0.3 is 15.0 Å². The van der Waals surface area contributed by atoms with E-state index in [1.165, 1.54) is 0 Å². The molecule has 1 saturated heterocycles. The Morgan fingerprint density at radius 2 is 2.07 bits per heavy atom. The average molecular weight is 433 g/mol. The summed E-state index contributed by atoms with van der Waals surface area (Å²) in [7, 11) is 0. The number of benzene rings is 1. The molecule has 1 N–H and O–H groups in total. The van der Waals surface area contributed by atoms with Crippen molar-refractivity contribution in [1.82, 2.24) is 14.9 Å². The predicted molar refractivity (Wildman–Crippen MR) is 109 cm³/mol. The Hall–Kier alpha value is -2.15. The van der Waals surface area contributed by atoms with E-state index in [1.807, 2.05) is 36.1 Å². The van der Waals surface area contributed by atoms with Crippen LogP contribution in [0.3, 0.4) is 0 Å². The highest BCUT2D eigenvalue weighted by Gasteiger charge is 2.27. The first kappa shape index (κ1) is 19.6. The van der Waals surface area contributed by atoms with Gasteiger partial charge in [-0.2, -0.15) is 0 Å². The highest BCUT2D eigenvalue weighted by atomic mass is 79.9. The maximum absolute atomic E-state index is 13.0. The van der Waals surface area contributed by atoms with Crippen molar-refractivity contribution in [3.63, 3.8) is 0 Å². The summed E-state index contributed by atoms with van der Waals surface area (Å²) in [6.07, 6.45) is 6.95. The van der Waals surface area contributed by atoms with Gasteiger partial charge in [-0.3, -0.25) is 4.79 Å². The van der Waals surface area contributed by atoms with E-state index in [-0.39, 0.29) is 11.9 Å². The second-order valence-electron chi connectivity index (χ2n) is 6.56. The quantitative estimate of drug-likeness (QED) is 0.722. The fraction of sp³-hybridized carbons (Fsp3) is 0.450. The third-order valence-corrected chi connectivity index (χ3v) is 5.09. The zero-order valence-corrected chi connectivity index (χ0v) is 17.1. The Labute approximate surface area is 168 Å². The fourth-order valence-electron chi connectivity index (χ4n) is 3.36. The monoisotopic (exact) mass is 432 g/mol. The molecule has 2 aromatic rings. The standard InChI is InChI=1S/C20H25BrN4O2/c1-2-27-18-9-4-3-7-15(18)11-19(26)25-10-6-5-8-17(25)14-24-20-22-12-16(21)13-23-20/h3-4,7,9,12-13,17H,2,5-6,8,10-11,14H2,1H3,(H,22,23,24). The zero-order chi connectivity index (χ0) is 19.1. The molecule has 0 spiro atoms. The first-order valence-electron chi connectivity index (χ1n) is 9.39. The molecular formula is C20H25BrN4O2. The number of amides is 1. The zero-order valence-electron chi connectivity index (χ0n) is 15.5. The van der Waals surface area contributed by atoms with E-state index in [4.69, 9.17) is 4.74 Å². The van der Waals surface area contributed by atoms with Crippen LogP contribution in [0.5, 0.6) is 5.75 Å². The first-order chi connectivity index (χ1) is 13.2. The van der Waals surface area contributed by atoms with Gasteiger partial charge in [0.25, 0.3) is 0 Å². The number of carbonyl (C=O) groups is 1. The molecule has 2 heterocycles. The molecule has 7 heteroatoms. The molecule has 0 aliphatic carbocycles. The van der Waals surface area contributed by atoms with Crippen molar-refractivity contribution >= 4 is 27.8 Å². The van der Waals surface area contributed by atoms with Crippen LogP contribution >= 0.6 is 15.9 Å². The molecule has 3 rings (SSSR count). The summed E-state index contributed by atoms with van der Waals surface area (Å²) in [4.78, 5) is 23.5. The van der Waals surface area contributed by atoms with Crippen LogP contribution in [0.25, 0.3) is 0 Å². The van der Waals surface area contributed by atoms with E-state index >= 15 is 0 Å². The van der Waals surface area contributed by atoms with Gasteiger partial charge in [-0.1, -0.05) is 18.2 Å². The average Bonchev–Trinajstić information content (AvgIpc) is 2.69. The van der Waals surface area contributed by atoms with Gasteiger partial charge in [-0.25, -0.2) is 9.97 Å². The lowest BCUT2D eigenvalue weighted by molar-refractivity contribution is -0.133. The number of piperidine rings is 1. The van der Waals surface area contributed by atoms with Gasteiger partial charge >= 0.3 is 0 Å². The van der Waals surface area contributed by atoms with Gasteiger partial charge in [-0.05, 0) is 48.2 Å². The number of carbonyl (C=O) groups excluding carboxylic acids is 1. The molecule has 144 valence electrons. The Morgan fingerprint density at radius 1 is 1.30 bits per heavy atom. The molecule has 0 bridgehead atoms. The number of halogens is 1. The van der Waals surface area contributed by atoms with Crippen molar-refractivity contribution in [2.24, 2.45) is 0 Å². The predicted octanol–water partition coefficient (Wildman–Crippen LogP) is 3.67. The third-order valence-electron chi connectivity index (χ3n) is 4.68. The number of hydrogen-bond acceptors (Lipinski definition) is 5. The van der Waals surface area contributed by atoms with Crippen molar-refractivity contribution in [3.05, 3.63) is 46.7 Å². The number of rotatable bonds is 7. The Balaban J connectivity index is 1.64. The van der Waals surface area contributed by atoms with E-state index < -0.39 is 0 Å². The lowest BCUT2D eigenvalue weighted by atomic mass is 10.0. The first-order valence-corrected chi connectivity index (χ1v) is 10.2. The van der Waals surface area contributed by atoms with E-state index in [1.54, 1.807) is 12.4 Å². The molecule has 1 fully saturated rings. The summed E-state index contributed by atoms with van der Waals surface area (Å²) in [5.41, 5.74) is 0.942. The summed E-state index contributed by atoms with van der Waals surface area (Å²) >= 11 is 3.33. The number of ether oxygens (including phenoxy) is 1. The van der Waals surface area contributed by atoms with Crippen LogP contribution < -0.4 is 10.1 Å². The molecule has 1 atom stereocenters. The minimum atomic E-state index is 0.144. The van der Waals surface area contributed by atoms with Gasteiger partial charge in [-0.15, -0.1) is 0 Å². The molecule has 1 aromatic heterocycles. The Kier molecular flexibility index (Phi) is 7.04. The largest absolute Gasteiger partial charge is 0.494 e. The minimum absolute atomic E-state index is 0.144. The van der Waals surface area contributed by atoms with Crippen LogP contribution in [0.1, 0.15) is 31.7 Å². The summed E-state index contributed by atoms with van der Waals surface area (Å²) in [5, 5.41) is 3.26. The van der Waals surface area contributed by atoms with Crippen molar-refractivity contribution in [2.75, 3.05) is 25.0 Å². The van der Waals surface area contributed by atoms with E-state index in [9.17, 15) is 4.79 Å². The molecular weight excluding hydrogens is 408 g/mol. The Morgan fingerprint density at radius 3 is 2.85 bits per heavy atom. The number of nitrogens with one attached hydrogen (secondary N) is 1. The Bertz CT molecular complexity index is 754. The summed E-state index contributed by atoms with van der Waals surface area (Å²) < 4.78 is 6.51. The number of para-hydroxylation sites is 1. The molecule has 1 amide bonds. The van der Waals surface area contributed by atoms with Crippen molar-refractivity contribution in [2.45, 2.75) is 38.6 Å². The van der Waals surface area contributed by atoms with Gasteiger partial charge in [0.15, 0.2) is 0 Å². The molecule has 0 radical (unpaired) electrons. The summed E-state index contributed by atoms with van der Waals surface area (Å²) in [6, 6.07) is 7.93. The maximum atomic E-state index is 13.0. The number of anilines is 1. The smallest absolute Gasteiger partial charge is 0.227 e. The third kappa shape index (κ3) is 5.42. The van der Waals surface area contributed by atoms with E-state index in [0.717, 1.165) is 41.6 Å². The molecule has 1 unspecified atom stereocenters. The minimum Gasteiger partial charge on any atom is -0.494 e. The molecule has 27 heavy (non-hydrogen) atoms. The van der Waals surface area contributed by atoms with Gasteiger partial charge in [0.2, 0.25) is 11.9 Å².